The molecule has 4 rings (SSSR count). The van der Waals surface area contributed by atoms with E-state index in [1.165, 1.54) is 11.3 Å². The van der Waals surface area contributed by atoms with Crippen molar-refractivity contribution in [3.05, 3.63) is 33.5 Å². The maximum atomic E-state index is 13.0. The van der Waals surface area contributed by atoms with Gasteiger partial charge < -0.3 is 14.5 Å². The molecule has 27 heavy (non-hydrogen) atoms. The quantitative estimate of drug-likeness (QED) is 0.867. The first-order chi connectivity index (χ1) is 13.1. The summed E-state index contributed by atoms with van der Waals surface area (Å²) in [5.74, 6) is -0.0804. The first kappa shape index (κ1) is 18.1. The van der Waals surface area contributed by atoms with E-state index in [0.29, 0.717) is 43.4 Å². The van der Waals surface area contributed by atoms with E-state index in [-0.39, 0.29) is 17.9 Å². The molecule has 0 aliphatic carbocycles. The molecule has 2 aliphatic heterocycles. The summed E-state index contributed by atoms with van der Waals surface area (Å²) in [6, 6.07) is 1.71. The number of ether oxygens (including phenoxy) is 1. The van der Waals surface area contributed by atoms with Gasteiger partial charge in [0.15, 0.2) is 0 Å². The summed E-state index contributed by atoms with van der Waals surface area (Å²) < 4.78 is 5.30. The van der Waals surface area contributed by atoms with Gasteiger partial charge in [-0.25, -0.2) is 4.98 Å². The van der Waals surface area contributed by atoms with Gasteiger partial charge in [0.25, 0.3) is 11.8 Å². The second kappa shape index (κ2) is 7.77. The molecule has 2 aliphatic rings. The highest BCUT2D eigenvalue weighted by atomic mass is 32.1. The van der Waals surface area contributed by atoms with E-state index < -0.39 is 0 Å². The SMILES string of the molecule is Cc1ncsc1C(=O)N1CCCC[C@H]1c1cc(C(=O)N2CCOCC2)n[nH]1. The Labute approximate surface area is 161 Å². The van der Waals surface area contributed by atoms with Crippen LogP contribution in [0.4, 0.5) is 0 Å². The summed E-state index contributed by atoms with van der Waals surface area (Å²) >= 11 is 1.38. The molecule has 0 saturated carbocycles. The number of hydrogen-bond acceptors (Lipinski definition) is 6. The van der Waals surface area contributed by atoms with Crippen LogP contribution in [0.1, 0.15) is 56.9 Å². The molecule has 4 heterocycles. The van der Waals surface area contributed by atoms with Gasteiger partial charge in [-0.05, 0) is 32.3 Å². The van der Waals surface area contributed by atoms with Crippen LogP contribution in [0.2, 0.25) is 0 Å². The molecule has 0 unspecified atom stereocenters. The van der Waals surface area contributed by atoms with Crippen molar-refractivity contribution in [2.75, 3.05) is 32.8 Å². The Balaban J connectivity index is 1.54. The van der Waals surface area contributed by atoms with Crippen molar-refractivity contribution in [2.45, 2.75) is 32.2 Å². The molecule has 1 atom stereocenters. The molecule has 2 fully saturated rings. The van der Waals surface area contributed by atoms with Crippen LogP contribution in [0.3, 0.4) is 0 Å². The Morgan fingerprint density at radius 2 is 2.04 bits per heavy atom. The van der Waals surface area contributed by atoms with Crippen LogP contribution in [-0.4, -0.2) is 69.6 Å². The van der Waals surface area contributed by atoms with Crippen LogP contribution in [0, 0.1) is 6.92 Å². The van der Waals surface area contributed by atoms with Gasteiger partial charge >= 0.3 is 0 Å². The number of likely N-dealkylation sites (tertiary alicyclic amines) is 1. The Bertz CT molecular complexity index is 827. The summed E-state index contributed by atoms with van der Waals surface area (Å²) in [4.78, 5) is 34.2. The number of rotatable bonds is 3. The van der Waals surface area contributed by atoms with E-state index in [9.17, 15) is 9.59 Å². The zero-order chi connectivity index (χ0) is 18.8. The third-order valence-corrected chi connectivity index (χ3v) is 6.09. The van der Waals surface area contributed by atoms with Gasteiger partial charge in [-0.3, -0.25) is 14.7 Å². The number of aromatic nitrogens is 3. The minimum Gasteiger partial charge on any atom is -0.378 e. The Kier molecular flexibility index (Phi) is 5.22. The van der Waals surface area contributed by atoms with Gasteiger partial charge in [0.1, 0.15) is 10.6 Å². The second-order valence-electron chi connectivity index (χ2n) is 6.89. The van der Waals surface area contributed by atoms with Crippen molar-refractivity contribution in [1.29, 1.82) is 0 Å². The number of morpholine rings is 1. The fourth-order valence-electron chi connectivity index (χ4n) is 3.68. The van der Waals surface area contributed by atoms with E-state index in [1.807, 2.05) is 11.8 Å². The third-order valence-electron chi connectivity index (χ3n) is 5.18. The summed E-state index contributed by atoms with van der Waals surface area (Å²) in [6.45, 7) is 4.84. The van der Waals surface area contributed by atoms with Crippen molar-refractivity contribution in [3.63, 3.8) is 0 Å². The molecule has 9 heteroatoms. The fraction of sp³-hybridized carbons (Fsp3) is 0.556. The number of aryl methyl sites for hydroxylation is 1. The Morgan fingerprint density at radius 3 is 2.78 bits per heavy atom. The highest BCUT2D eigenvalue weighted by Gasteiger charge is 2.32. The summed E-state index contributed by atoms with van der Waals surface area (Å²) in [5.41, 5.74) is 3.69. The van der Waals surface area contributed by atoms with Crippen molar-refractivity contribution in [1.82, 2.24) is 25.0 Å². The van der Waals surface area contributed by atoms with E-state index >= 15 is 0 Å². The van der Waals surface area contributed by atoms with Crippen molar-refractivity contribution >= 4 is 23.2 Å². The fourth-order valence-corrected chi connectivity index (χ4v) is 4.44. The summed E-state index contributed by atoms with van der Waals surface area (Å²) in [7, 11) is 0. The number of aromatic amines is 1. The van der Waals surface area contributed by atoms with E-state index in [1.54, 1.807) is 16.5 Å². The molecule has 0 bridgehead atoms. The van der Waals surface area contributed by atoms with Crippen LogP contribution in [0.15, 0.2) is 11.6 Å². The molecule has 144 valence electrons. The van der Waals surface area contributed by atoms with Gasteiger partial charge in [0.05, 0.1) is 36.2 Å². The van der Waals surface area contributed by atoms with Gasteiger partial charge in [0.2, 0.25) is 0 Å². The topological polar surface area (TPSA) is 91.4 Å². The number of hydrogen-bond donors (Lipinski definition) is 1. The molecule has 2 aromatic heterocycles. The van der Waals surface area contributed by atoms with Crippen molar-refractivity contribution in [2.24, 2.45) is 0 Å². The minimum absolute atomic E-state index is 0.00959. The first-order valence-corrected chi connectivity index (χ1v) is 10.2. The average Bonchev–Trinajstić information content (AvgIpc) is 3.37. The zero-order valence-corrected chi connectivity index (χ0v) is 16.1. The van der Waals surface area contributed by atoms with E-state index in [4.69, 9.17) is 4.74 Å². The van der Waals surface area contributed by atoms with Crippen LogP contribution in [0.25, 0.3) is 0 Å². The molecular weight excluding hydrogens is 366 g/mol. The summed E-state index contributed by atoms with van der Waals surface area (Å²) in [5, 5.41) is 7.24. The number of amides is 2. The summed E-state index contributed by atoms with van der Waals surface area (Å²) in [6.07, 6.45) is 2.88. The molecule has 0 aromatic carbocycles. The van der Waals surface area contributed by atoms with Crippen molar-refractivity contribution < 1.29 is 14.3 Å². The second-order valence-corrected chi connectivity index (χ2v) is 7.74. The highest BCUT2D eigenvalue weighted by molar-refractivity contribution is 7.11. The number of piperidine rings is 1. The van der Waals surface area contributed by atoms with Crippen LogP contribution < -0.4 is 0 Å². The first-order valence-electron chi connectivity index (χ1n) is 9.28. The van der Waals surface area contributed by atoms with Gasteiger partial charge in [-0.2, -0.15) is 5.10 Å². The lowest BCUT2D eigenvalue weighted by Crippen LogP contribution is -2.40. The lowest BCUT2D eigenvalue weighted by atomic mass is 9.98. The lowest BCUT2D eigenvalue weighted by Gasteiger charge is -2.34. The molecule has 1 N–H and O–H groups in total. The third kappa shape index (κ3) is 3.61. The largest absolute Gasteiger partial charge is 0.378 e. The number of nitrogens with zero attached hydrogens (tertiary/aromatic N) is 4. The molecule has 0 radical (unpaired) electrons. The van der Waals surface area contributed by atoms with Gasteiger partial charge in [0, 0.05) is 19.6 Å². The molecule has 2 aromatic rings. The van der Waals surface area contributed by atoms with E-state index in [0.717, 1.165) is 30.7 Å². The normalized spacial score (nSPS) is 20.7. The number of carbonyl (C=O) groups is 2. The number of thiazole rings is 1. The van der Waals surface area contributed by atoms with Gasteiger partial charge in [-0.15, -0.1) is 11.3 Å². The zero-order valence-electron chi connectivity index (χ0n) is 15.3. The predicted molar refractivity (Wildman–Crippen MR) is 99.8 cm³/mol. The lowest BCUT2D eigenvalue weighted by molar-refractivity contribution is 0.0299. The Morgan fingerprint density at radius 1 is 1.22 bits per heavy atom. The molecule has 8 nitrogen and oxygen atoms in total. The predicted octanol–water partition coefficient (Wildman–Crippen LogP) is 2.01. The maximum absolute atomic E-state index is 13.0. The van der Waals surface area contributed by atoms with Crippen molar-refractivity contribution in [3.8, 4) is 0 Å². The Hall–Kier alpha value is -2.26. The number of nitrogens with one attached hydrogen (secondary N) is 1. The average molecular weight is 389 g/mol. The molecule has 2 amide bonds. The van der Waals surface area contributed by atoms with Crippen LogP contribution >= 0.6 is 11.3 Å². The van der Waals surface area contributed by atoms with Gasteiger partial charge in [-0.1, -0.05) is 0 Å². The molecule has 2 saturated heterocycles. The van der Waals surface area contributed by atoms with Crippen LogP contribution in [0.5, 0.6) is 0 Å². The standard InChI is InChI=1S/C18H23N5O3S/c1-12-16(27-11-19-12)18(25)23-5-3-2-4-15(23)13-10-14(21-20-13)17(24)22-6-8-26-9-7-22/h10-11,15H,2-9H2,1H3,(H,20,21)/t15-/m0/s1. The minimum atomic E-state index is -0.0912. The maximum Gasteiger partial charge on any atom is 0.274 e. The van der Waals surface area contributed by atoms with Crippen LogP contribution in [-0.2, 0) is 4.74 Å². The van der Waals surface area contributed by atoms with E-state index in [2.05, 4.69) is 15.2 Å². The molecular formula is C18H23N5O3S. The monoisotopic (exact) mass is 389 g/mol. The smallest absolute Gasteiger partial charge is 0.274 e. The number of carbonyl (C=O) groups excluding carboxylic acids is 2. The number of H-pyrrole nitrogens is 1. The molecule has 0 spiro atoms. The highest BCUT2D eigenvalue weighted by Crippen LogP contribution is 2.32.